The van der Waals surface area contributed by atoms with E-state index in [0.717, 1.165) is 24.8 Å². The summed E-state index contributed by atoms with van der Waals surface area (Å²) in [5.74, 6) is -0.335. The minimum atomic E-state index is -0.335. The minimum Gasteiger partial charge on any atom is -0.330 e. The molecule has 0 amide bonds. The van der Waals surface area contributed by atoms with Gasteiger partial charge in [-0.15, -0.1) is 12.4 Å². The van der Waals surface area contributed by atoms with E-state index in [1.165, 1.54) is 12.1 Å². The largest absolute Gasteiger partial charge is 0.330 e. The molecule has 1 atom stereocenters. The Kier molecular flexibility index (Phi) is 7.68. The van der Waals surface area contributed by atoms with E-state index in [0.29, 0.717) is 11.6 Å². The third kappa shape index (κ3) is 4.66. The van der Waals surface area contributed by atoms with Crippen LogP contribution in [0.5, 0.6) is 0 Å². The topological polar surface area (TPSA) is 52.0 Å². The second-order valence-electron chi connectivity index (χ2n) is 3.56. The van der Waals surface area contributed by atoms with Gasteiger partial charge < -0.3 is 11.5 Å². The smallest absolute Gasteiger partial charge is 0.124 e. The second kappa shape index (κ2) is 7.85. The van der Waals surface area contributed by atoms with Crippen LogP contribution in [0, 0.1) is 5.82 Å². The van der Waals surface area contributed by atoms with Crippen LogP contribution in [-0.4, -0.2) is 6.54 Å². The average Bonchev–Trinajstić information content (AvgIpc) is 2.17. The number of benzene rings is 1. The predicted octanol–water partition coefficient (Wildman–Crippen LogP) is 3.03. The summed E-state index contributed by atoms with van der Waals surface area (Å²) in [6, 6.07) is 4.18. The van der Waals surface area contributed by atoms with Crippen LogP contribution in [0.2, 0.25) is 5.02 Å². The molecule has 92 valence electrons. The fraction of sp³-hybridized carbons (Fsp3) is 0.455. The molecule has 0 bridgehead atoms. The van der Waals surface area contributed by atoms with E-state index in [1.807, 2.05) is 0 Å². The molecular formula is C11H17Cl2FN2. The fourth-order valence-corrected chi connectivity index (χ4v) is 1.77. The van der Waals surface area contributed by atoms with Crippen LogP contribution in [0.25, 0.3) is 0 Å². The van der Waals surface area contributed by atoms with Crippen LogP contribution in [0.3, 0.4) is 0 Å². The van der Waals surface area contributed by atoms with Crippen LogP contribution in [0.1, 0.15) is 30.9 Å². The SMILES string of the molecule is Cl.NCCCC[C@@H](N)c1ccc(F)cc1Cl. The maximum atomic E-state index is 12.8. The molecule has 0 saturated heterocycles. The molecule has 0 spiro atoms. The van der Waals surface area contributed by atoms with Crippen LogP contribution in [-0.2, 0) is 0 Å². The number of nitrogens with two attached hydrogens (primary N) is 2. The van der Waals surface area contributed by atoms with Crippen LogP contribution < -0.4 is 11.5 Å². The zero-order valence-electron chi connectivity index (χ0n) is 8.96. The van der Waals surface area contributed by atoms with E-state index in [-0.39, 0.29) is 24.3 Å². The summed E-state index contributed by atoms with van der Waals surface area (Å²) in [5, 5.41) is 0.398. The maximum Gasteiger partial charge on any atom is 0.124 e. The molecule has 1 aromatic carbocycles. The van der Waals surface area contributed by atoms with Gasteiger partial charge in [0, 0.05) is 11.1 Å². The molecule has 0 fully saturated rings. The van der Waals surface area contributed by atoms with Crippen molar-refractivity contribution >= 4 is 24.0 Å². The van der Waals surface area contributed by atoms with Crippen molar-refractivity contribution in [1.29, 1.82) is 0 Å². The molecule has 16 heavy (non-hydrogen) atoms. The van der Waals surface area contributed by atoms with Crippen molar-refractivity contribution < 1.29 is 4.39 Å². The number of rotatable bonds is 5. The molecule has 4 N–H and O–H groups in total. The van der Waals surface area contributed by atoms with Gasteiger partial charge in [-0.05, 0) is 37.1 Å². The zero-order chi connectivity index (χ0) is 11.3. The molecule has 0 aliphatic heterocycles. The average molecular weight is 267 g/mol. The first kappa shape index (κ1) is 15.7. The lowest BCUT2D eigenvalue weighted by molar-refractivity contribution is 0.587. The Morgan fingerprint density at radius 1 is 1.31 bits per heavy atom. The summed E-state index contributed by atoms with van der Waals surface area (Å²) >= 11 is 5.89. The number of hydrogen-bond donors (Lipinski definition) is 2. The lowest BCUT2D eigenvalue weighted by Crippen LogP contribution is -2.11. The van der Waals surface area contributed by atoms with Gasteiger partial charge in [0.05, 0.1) is 0 Å². The van der Waals surface area contributed by atoms with Crippen molar-refractivity contribution in [2.45, 2.75) is 25.3 Å². The standard InChI is InChI=1S/C11H16ClFN2.ClH/c12-10-7-8(13)4-5-9(10)11(15)3-1-2-6-14;/h4-5,7,11H,1-3,6,14-15H2;1H/t11-;/m1./s1. The normalized spacial score (nSPS) is 12.0. The molecule has 0 heterocycles. The fourth-order valence-electron chi connectivity index (χ4n) is 1.47. The Morgan fingerprint density at radius 3 is 2.56 bits per heavy atom. The quantitative estimate of drug-likeness (QED) is 0.806. The summed E-state index contributed by atoms with van der Waals surface area (Å²) in [6.45, 7) is 0.671. The van der Waals surface area contributed by atoms with E-state index in [2.05, 4.69) is 0 Å². The summed E-state index contributed by atoms with van der Waals surface area (Å²) in [7, 11) is 0. The van der Waals surface area contributed by atoms with E-state index < -0.39 is 0 Å². The molecular weight excluding hydrogens is 250 g/mol. The van der Waals surface area contributed by atoms with E-state index in [4.69, 9.17) is 23.1 Å². The van der Waals surface area contributed by atoms with Crippen molar-refractivity contribution in [3.8, 4) is 0 Å². The molecule has 1 rings (SSSR count). The molecule has 0 aliphatic carbocycles. The molecule has 0 aliphatic rings. The van der Waals surface area contributed by atoms with E-state index in [1.54, 1.807) is 6.07 Å². The number of hydrogen-bond acceptors (Lipinski definition) is 2. The van der Waals surface area contributed by atoms with Gasteiger partial charge in [0.25, 0.3) is 0 Å². The van der Waals surface area contributed by atoms with Crippen molar-refractivity contribution in [3.05, 3.63) is 34.6 Å². The van der Waals surface area contributed by atoms with Crippen molar-refractivity contribution in [2.24, 2.45) is 11.5 Å². The Labute approximate surface area is 107 Å². The Balaban J connectivity index is 0.00000225. The Morgan fingerprint density at radius 2 is 2.00 bits per heavy atom. The third-order valence-electron chi connectivity index (χ3n) is 2.33. The maximum absolute atomic E-state index is 12.8. The Bertz CT molecular complexity index is 321. The number of halogens is 3. The minimum absolute atomic E-state index is 0. The van der Waals surface area contributed by atoms with Gasteiger partial charge in [-0.2, -0.15) is 0 Å². The summed E-state index contributed by atoms with van der Waals surface area (Å²) in [5.41, 5.74) is 12.1. The zero-order valence-corrected chi connectivity index (χ0v) is 10.5. The molecule has 2 nitrogen and oxygen atoms in total. The third-order valence-corrected chi connectivity index (χ3v) is 2.66. The van der Waals surface area contributed by atoms with Gasteiger partial charge in [0.15, 0.2) is 0 Å². The molecule has 0 saturated carbocycles. The first-order valence-electron chi connectivity index (χ1n) is 5.05. The highest BCUT2D eigenvalue weighted by Crippen LogP contribution is 2.25. The van der Waals surface area contributed by atoms with E-state index in [9.17, 15) is 4.39 Å². The first-order valence-corrected chi connectivity index (χ1v) is 5.43. The van der Waals surface area contributed by atoms with Gasteiger partial charge >= 0.3 is 0 Å². The van der Waals surface area contributed by atoms with Crippen molar-refractivity contribution in [3.63, 3.8) is 0 Å². The Hall–Kier alpha value is -0.350. The lowest BCUT2D eigenvalue weighted by atomic mass is 10.0. The molecule has 0 unspecified atom stereocenters. The lowest BCUT2D eigenvalue weighted by Gasteiger charge is -2.13. The van der Waals surface area contributed by atoms with Gasteiger partial charge in [-0.3, -0.25) is 0 Å². The van der Waals surface area contributed by atoms with Crippen LogP contribution >= 0.6 is 24.0 Å². The monoisotopic (exact) mass is 266 g/mol. The first-order chi connectivity index (χ1) is 7.15. The van der Waals surface area contributed by atoms with Crippen molar-refractivity contribution in [2.75, 3.05) is 6.54 Å². The molecule has 1 aromatic rings. The summed E-state index contributed by atoms with van der Waals surface area (Å²) < 4.78 is 12.8. The molecule has 0 aromatic heterocycles. The predicted molar refractivity (Wildman–Crippen MR) is 68.5 cm³/mol. The van der Waals surface area contributed by atoms with Crippen LogP contribution in [0.15, 0.2) is 18.2 Å². The second-order valence-corrected chi connectivity index (χ2v) is 3.96. The highest BCUT2D eigenvalue weighted by molar-refractivity contribution is 6.31. The van der Waals surface area contributed by atoms with Crippen molar-refractivity contribution in [1.82, 2.24) is 0 Å². The highest BCUT2D eigenvalue weighted by Gasteiger charge is 2.10. The number of unbranched alkanes of at least 4 members (excludes halogenated alkanes) is 1. The summed E-state index contributed by atoms with van der Waals surface area (Å²) in [6.07, 6.45) is 2.74. The molecule has 5 heteroatoms. The molecule has 0 radical (unpaired) electrons. The summed E-state index contributed by atoms with van der Waals surface area (Å²) in [4.78, 5) is 0. The van der Waals surface area contributed by atoms with Crippen LogP contribution in [0.4, 0.5) is 4.39 Å². The van der Waals surface area contributed by atoms with E-state index >= 15 is 0 Å². The van der Waals surface area contributed by atoms with Gasteiger partial charge in [0.2, 0.25) is 0 Å². The van der Waals surface area contributed by atoms with Gasteiger partial charge in [-0.1, -0.05) is 24.1 Å². The van der Waals surface area contributed by atoms with Gasteiger partial charge in [0.1, 0.15) is 5.82 Å². The van der Waals surface area contributed by atoms with Gasteiger partial charge in [-0.25, -0.2) is 4.39 Å². The highest BCUT2D eigenvalue weighted by atomic mass is 35.5.